The molecule has 2 fully saturated rings. The molecule has 0 spiro atoms. The fraction of sp³-hybridized carbons (Fsp3) is 0.933. The van der Waals surface area contributed by atoms with Crippen molar-refractivity contribution >= 4 is 5.97 Å². The molecule has 0 radical (unpaired) electrons. The molecule has 1 aliphatic carbocycles. The second-order valence-corrected chi connectivity index (χ2v) is 5.89. The minimum atomic E-state index is -0.0958. The van der Waals surface area contributed by atoms with Crippen molar-refractivity contribution in [2.24, 2.45) is 5.92 Å². The van der Waals surface area contributed by atoms with Crippen LogP contribution in [0.15, 0.2) is 0 Å². The lowest BCUT2D eigenvalue weighted by atomic mass is 9.85. The van der Waals surface area contributed by atoms with Gasteiger partial charge < -0.3 is 10.1 Å². The van der Waals surface area contributed by atoms with Crippen molar-refractivity contribution in [1.29, 1.82) is 0 Å². The Balaban J connectivity index is 1.84. The first-order valence-corrected chi connectivity index (χ1v) is 7.87. The monoisotopic (exact) mass is 268 g/mol. The molecule has 19 heavy (non-hydrogen) atoms. The van der Waals surface area contributed by atoms with Gasteiger partial charge in [-0.05, 0) is 38.5 Å². The number of carbonyl (C=O) groups is 1. The molecule has 4 heteroatoms. The molecule has 2 aliphatic rings. The molecule has 0 aromatic rings. The number of ether oxygens (including phenoxy) is 1. The maximum absolute atomic E-state index is 12.3. The molecule has 1 aliphatic heterocycles. The summed E-state index contributed by atoms with van der Waals surface area (Å²) in [6, 6.07) is -0.0958. The number of esters is 1. The van der Waals surface area contributed by atoms with E-state index in [-0.39, 0.29) is 18.1 Å². The van der Waals surface area contributed by atoms with Crippen molar-refractivity contribution in [3.8, 4) is 0 Å². The fourth-order valence-electron chi connectivity index (χ4n) is 3.26. The van der Waals surface area contributed by atoms with Crippen molar-refractivity contribution in [1.82, 2.24) is 10.2 Å². The number of rotatable bonds is 4. The Hall–Kier alpha value is -0.610. The van der Waals surface area contributed by atoms with Crippen LogP contribution >= 0.6 is 0 Å². The van der Waals surface area contributed by atoms with Gasteiger partial charge in [-0.2, -0.15) is 0 Å². The van der Waals surface area contributed by atoms with E-state index in [0.717, 1.165) is 39.0 Å². The molecule has 1 N–H and O–H groups in total. The highest BCUT2D eigenvalue weighted by Crippen LogP contribution is 2.29. The summed E-state index contributed by atoms with van der Waals surface area (Å²) in [7, 11) is 0. The third-order valence-electron chi connectivity index (χ3n) is 4.67. The first-order chi connectivity index (χ1) is 9.22. The Bertz CT molecular complexity index is 290. The van der Waals surface area contributed by atoms with Crippen molar-refractivity contribution in [2.75, 3.05) is 26.2 Å². The van der Waals surface area contributed by atoms with E-state index < -0.39 is 0 Å². The zero-order valence-corrected chi connectivity index (χ0v) is 12.4. The van der Waals surface area contributed by atoms with Gasteiger partial charge in [0, 0.05) is 26.2 Å². The van der Waals surface area contributed by atoms with Gasteiger partial charge in [-0.15, -0.1) is 0 Å². The summed E-state index contributed by atoms with van der Waals surface area (Å²) in [4.78, 5) is 14.5. The maximum atomic E-state index is 12.3. The Morgan fingerprint density at radius 3 is 2.68 bits per heavy atom. The molecular weight excluding hydrogens is 240 g/mol. The van der Waals surface area contributed by atoms with E-state index in [0.29, 0.717) is 5.92 Å². The lowest BCUT2D eigenvalue weighted by Crippen LogP contribution is -2.51. The van der Waals surface area contributed by atoms with E-state index in [9.17, 15) is 4.79 Å². The SMILES string of the molecule is CCC1CCCCC1OC(=O)C(C)N1CCNCC1. The van der Waals surface area contributed by atoms with E-state index >= 15 is 0 Å². The molecule has 1 heterocycles. The summed E-state index contributed by atoms with van der Waals surface area (Å²) >= 11 is 0. The first-order valence-electron chi connectivity index (χ1n) is 7.87. The predicted molar refractivity (Wildman–Crippen MR) is 76.0 cm³/mol. The Kier molecular flexibility index (Phi) is 5.64. The smallest absolute Gasteiger partial charge is 0.323 e. The average Bonchev–Trinajstić information content (AvgIpc) is 2.48. The standard InChI is InChI=1S/C15H28N2O2/c1-3-13-6-4-5-7-14(13)19-15(18)12(2)17-10-8-16-9-11-17/h12-14,16H,3-11H2,1-2H3. The number of piperazine rings is 1. The molecule has 110 valence electrons. The third-order valence-corrected chi connectivity index (χ3v) is 4.67. The molecule has 3 atom stereocenters. The van der Waals surface area contributed by atoms with E-state index in [1.165, 1.54) is 19.3 Å². The molecule has 0 aromatic heterocycles. The van der Waals surface area contributed by atoms with Crippen LogP contribution in [0.4, 0.5) is 0 Å². The topological polar surface area (TPSA) is 41.6 Å². The van der Waals surface area contributed by atoms with Gasteiger partial charge in [0.1, 0.15) is 12.1 Å². The molecule has 4 nitrogen and oxygen atoms in total. The van der Waals surface area contributed by atoms with Gasteiger partial charge in [0.2, 0.25) is 0 Å². The van der Waals surface area contributed by atoms with Crippen LogP contribution in [0.1, 0.15) is 46.0 Å². The molecule has 1 saturated heterocycles. The number of hydrogen-bond donors (Lipinski definition) is 1. The highest BCUT2D eigenvalue weighted by molar-refractivity contribution is 5.75. The first kappa shape index (κ1) is 14.8. The number of carbonyl (C=O) groups excluding carboxylic acids is 1. The van der Waals surface area contributed by atoms with Crippen LogP contribution < -0.4 is 5.32 Å². The Labute approximate surface area is 116 Å². The molecule has 3 unspecified atom stereocenters. The summed E-state index contributed by atoms with van der Waals surface area (Å²) in [6.07, 6.45) is 6.06. The highest BCUT2D eigenvalue weighted by Gasteiger charge is 2.30. The van der Waals surface area contributed by atoms with Crippen LogP contribution in [0.5, 0.6) is 0 Å². The predicted octanol–water partition coefficient (Wildman–Crippen LogP) is 1.79. The van der Waals surface area contributed by atoms with Gasteiger partial charge in [0.25, 0.3) is 0 Å². The van der Waals surface area contributed by atoms with E-state index in [2.05, 4.69) is 17.1 Å². The fourth-order valence-corrected chi connectivity index (χ4v) is 3.26. The van der Waals surface area contributed by atoms with Gasteiger partial charge in [-0.1, -0.05) is 13.3 Å². The van der Waals surface area contributed by atoms with E-state index in [1.54, 1.807) is 0 Å². The zero-order chi connectivity index (χ0) is 13.7. The number of nitrogens with zero attached hydrogens (tertiary/aromatic N) is 1. The van der Waals surface area contributed by atoms with Crippen molar-refractivity contribution in [2.45, 2.75) is 58.1 Å². The Morgan fingerprint density at radius 1 is 1.32 bits per heavy atom. The molecule has 0 aromatic carbocycles. The number of hydrogen-bond acceptors (Lipinski definition) is 4. The summed E-state index contributed by atoms with van der Waals surface area (Å²) in [5.74, 6) is 0.556. The quantitative estimate of drug-likeness (QED) is 0.789. The summed E-state index contributed by atoms with van der Waals surface area (Å²) in [5.41, 5.74) is 0. The molecule has 0 bridgehead atoms. The highest BCUT2D eigenvalue weighted by atomic mass is 16.5. The summed E-state index contributed by atoms with van der Waals surface area (Å²) < 4.78 is 5.81. The van der Waals surface area contributed by atoms with Crippen LogP contribution in [0, 0.1) is 5.92 Å². The van der Waals surface area contributed by atoms with Crippen molar-refractivity contribution in [3.63, 3.8) is 0 Å². The van der Waals surface area contributed by atoms with Gasteiger partial charge in [0.05, 0.1) is 0 Å². The van der Waals surface area contributed by atoms with Crippen LogP contribution in [-0.4, -0.2) is 49.2 Å². The van der Waals surface area contributed by atoms with Crippen molar-refractivity contribution < 1.29 is 9.53 Å². The average molecular weight is 268 g/mol. The van der Waals surface area contributed by atoms with Gasteiger partial charge >= 0.3 is 5.97 Å². The van der Waals surface area contributed by atoms with Crippen LogP contribution in [0.2, 0.25) is 0 Å². The van der Waals surface area contributed by atoms with Crippen molar-refractivity contribution in [3.05, 3.63) is 0 Å². The lowest BCUT2D eigenvalue weighted by molar-refractivity contribution is -0.159. The van der Waals surface area contributed by atoms with Crippen LogP contribution in [0.25, 0.3) is 0 Å². The second kappa shape index (κ2) is 7.25. The summed E-state index contributed by atoms with van der Waals surface area (Å²) in [5, 5.41) is 3.31. The Morgan fingerprint density at radius 2 is 2.00 bits per heavy atom. The van der Waals surface area contributed by atoms with Gasteiger partial charge in [-0.25, -0.2) is 0 Å². The van der Waals surface area contributed by atoms with Crippen LogP contribution in [-0.2, 0) is 9.53 Å². The van der Waals surface area contributed by atoms with E-state index in [4.69, 9.17) is 4.74 Å². The minimum absolute atomic E-state index is 0.0211. The third kappa shape index (κ3) is 3.93. The molecule has 1 saturated carbocycles. The number of nitrogens with one attached hydrogen (secondary N) is 1. The molecule has 0 amide bonds. The van der Waals surface area contributed by atoms with Crippen LogP contribution in [0.3, 0.4) is 0 Å². The maximum Gasteiger partial charge on any atom is 0.323 e. The lowest BCUT2D eigenvalue weighted by Gasteiger charge is -2.35. The normalized spacial score (nSPS) is 30.8. The largest absolute Gasteiger partial charge is 0.461 e. The van der Waals surface area contributed by atoms with E-state index in [1.807, 2.05) is 6.92 Å². The molecule has 2 rings (SSSR count). The minimum Gasteiger partial charge on any atom is -0.461 e. The van der Waals surface area contributed by atoms with Gasteiger partial charge in [0.15, 0.2) is 0 Å². The summed E-state index contributed by atoms with van der Waals surface area (Å²) in [6.45, 7) is 8.02. The van der Waals surface area contributed by atoms with Gasteiger partial charge in [-0.3, -0.25) is 9.69 Å². The second-order valence-electron chi connectivity index (χ2n) is 5.89. The zero-order valence-electron chi connectivity index (χ0n) is 12.4. The molecular formula is C15H28N2O2.